The third-order valence-electron chi connectivity index (χ3n) is 2.79. The molecule has 1 aliphatic heterocycles. The zero-order valence-electron chi connectivity index (χ0n) is 9.74. The number of hydrogen-bond donors (Lipinski definition) is 1. The summed E-state index contributed by atoms with van der Waals surface area (Å²) in [4.78, 5) is 39.1. The van der Waals surface area contributed by atoms with E-state index in [2.05, 4.69) is 15.4 Å². The quantitative estimate of drug-likeness (QED) is 0.765. The maximum atomic E-state index is 11.7. The number of nitrogens with one attached hydrogen (secondary N) is 1. The van der Waals surface area contributed by atoms with E-state index in [-0.39, 0.29) is 24.8 Å². The summed E-state index contributed by atoms with van der Waals surface area (Å²) < 4.78 is 1.35. The average Bonchev–Trinajstić information content (AvgIpc) is 2.81. The maximum Gasteiger partial charge on any atom is 0.330 e. The second-order valence-electron chi connectivity index (χ2n) is 4.01. The molecule has 0 aliphatic carbocycles. The molecule has 0 bridgehead atoms. The fourth-order valence-electron chi connectivity index (χ4n) is 1.87. The number of carbonyl (C=O) groups is 3. The number of aldehydes is 1. The van der Waals surface area contributed by atoms with Gasteiger partial charge < -0.3 is 0 Å². The Morgan fingerprint density at radius 1 is 1.32 bits per heavy atom. The molecule has 0 saturated carbocycles. The summed E-state index contributed by atoms with van der Waals surface area (Å²) in [6, 6.07) is 4.39. The fourth-order valence-corrected chi connectivity index (χ4v) is 1.87. The van der Waals surface area contributed by atoms with Gasteiger partial charge in [-0.2, -0.15) is 4.98 Å². The predicted octanol–water partition coefficient (Wildman–Crippen LogP) is -0.0119. The molecule has 1 aliphatic rings. The second kappa shape index (κ2) is 4.16. The number of anilines is 1. The van der Waals surface area contributed by atoms with Crippen LogP contribution >= 0.6 is 0 Å². The number of amides is 3. The number of pyridine rings is 1. The summed E-state index contributed by atoms with van der Waals surface area (Å²) in [6.45, 7) is 0.220. The molecule has 3 amide bonds. The van der Waals surface area contributed by atoms with Crippen LogP contribution in [0.25, 0.3) is 5.65 Å². The Balaban J connectivity index is 2.04. The molecule has 0 radical (unpaired) electrons. The molecule has 0 spiro atoms. The Hall–Kier alpha value is -2.77. The summed E-state index contributed by atoms with van der Waals surface area (Å²) in [7, 11) is 0. The van der Waals surface area contributed by atoms with Gasteiger partial charge in [0.25, 0.3) is 5.95 Å². The van der Waals surface area contributed by atoms with E-state index >= 15 is 0 Å². The van der Waals surface area contributed by atoms with Crippen molar-refractivity contribution in [3.8, 4) is 0 Å². The largest absolute Gasteiger partial charge is 0.330 e. The fraction of sp³-hybridized carbons (Fsp3) is 0.182. The molecule has 1 N–H and O–H groups in total. The first-order valence-electron chi connectivity index (χ1n) is 5.61. The Morgan fingerprint density at radius 2 is 2.16 bits per heavy atom. The molecule has 3 rings (SSSR count). The van der Waals surface area contributed by atoms with Crippen LogP contribution in [0.3, 0.4) is 0 Å². The maximum absolute atomic E-state index is 11.7. The molecule has 96 valence electrons. The molecule has 19 heavy (non-hydrogen) atoms. The van der Waals surface area contributed by atoms with Gasteiger partial charge in [-0.3, -0.25) is 19.8 Å². The average molecular weight is 259 g/mol. The molecule has 2 aromatic rings. The number of imide groups is 1. The molecule has 0 unspecified atom stereocenters. The van der Waals surface area contributed by atoms with Crippen molar-refractivity contribution >= 4 is 29.8 Å². The molecule has 0 aromatic carbocycles. The van der Waals surface area contributed by atoms with E-state index < -0.39 is 6.03 Å². The third-order valence-corrected chi connectivity index (χ3v) is 2.79. The van der Waals surface area contributed by atoms with Gasteiger partial charge in [0.1, 0.15) is 5.69 Å². The Kier molecular flexibility index (Phi) is 2.48. The summed E-state index contributed by atoms with van der Waals surface area (Å²) in [5.41, 5.74) is 0.800. The molecular formula is C11H9N5O3. The lowest BCUT2D eigenvalue weighted by Crippen LogP contribution is -2.50. The molecule has 0 atom stereocenters. The van der Waals surface area contributed by atoms with Crippen molar-refractivity contribution < 1.29 is 14.4 Å². The summed E-state index contributed by atoms with van der Waals surface area (Å²) in [5, 5.41) is 6.30. The van der Waals surface area contributed by atoms with Crippen molar-refractivity contribution in [1.29, 1.82) is 0 Å². The van der Waals surface area contributed by atoms with Crippen molar-refractivity contribution in [1.82, 2.24) is 19.9 Å². The first kappa shape index (κ1) is 11.3. The topological polar surface area (TPSA) is 96.7 Å². The van der Waals surface area contributed by atoms with E-state index in [1.54, 1.807) is 18.2 Å². The number of urea groups is 1. The molecule has 1 fully saturated rings. The molecular weight excluding hydrogens is 250 g/mol. The molecule has 1 saturated heterocycles. The van der Waals surface area contributed by atoms with Crippen LogP contribution in [0.2, 0.25) is 0 Å². The first-order chi connectivity index (χ1) is 9.19. The van der Waals surface area contributed by atoms with Gasteiger partial charge in [-0.05, 0) is 12.1 Å². The minimum atomic E-state index is -0.556. The Labute approximate surface area is 107 Å². The van der Waals surface area contributed by atoms with E-state index in [0.717, 1.165) is 0 Å². The normalized spacial score (nSPS) is 15.7. The molecule has 8 nitrogen and oxygen atoms in total. The van der Waals surface area contributed by atoms with Crippen molar-refractivity contribution in [2.24, 2.45) is 0 Å². The van der Waals surface area contributed by atoms with E-state index in [9.17, 15) is 14.4 Å². The van der Waals surface area contributed by atoms with E-state index in [0.29, 0.717) is 17.6 Å². The number of rotatable bonds is 2. The lowest BCUT2D eigenvalue weighted by atomic mass is 10.3. The second-order valence-corrected chi connectivity index (χ2v) is 4.01. The molecule has 2 aromatic heterocycles. The van der Waals surface area contributed by atoms with Crippen LogP contribution in [0.5, 0.6) is 0 Å². The number of hydrogen-bond acceptors (Lipinski definition) is 5. The molecule has 3 heterocycles. The van der Waals surface area contributed by atoms with Crippen LogP contribution in [-0.2, 0) is 4.79 Å². The first-order valence-corrected chi connectivity index (χ1v) is 5.61. The Morgan fingerprint density at radius 3 is 2.89 bits per heavy atom. The van der Waals surface area contributed by atoms with Crippen LogP contribution in [0.15, 0.2) is 18.2 Å². The number of fused-ring (bicyclic) bond motifs is 1. The van der Waals surface area contributed by atoms with Crippen LogP contribution < -0.4 is 10.2 Å². The third kappa shape index (κ3) is 1.82. The zero-order chi connectivity index (χ0) is 13.4. The van der Waals surface area contributed by atoms with Gasteiger partial charge >= 0.3 is 6.03 Å². The van der Waals surface area contributed by atoms with Crippen LogP contribution in [0.4, 0.5) is 10.7 Å². The van der Waals surface area contributed by atoms with Gasteiger partial charge in [0.2, 0.25) is 5.91 Å². The highest BCUT2D eigenvalue weighted by Gasteiger charge is 2.27. The van der Waals surface area contributed by atoms with E-state index in [4.69, 9.17) is 0 Å². The smallest absolute Gasteiger partial charge is 0.296 e. The number of carbonyl (C=O) groups excluding carboxylic acids is 3. The van der Waals surface area contributed by atoms with Crippen molar-refractivity contribution in [2.75, 3.05) is 11.4 Å². The molecule has 8 heteroatoms. The van der Waals surface area contributed by atoms with Crippen LogP contribution in [-0.4, -0.2) is 39.4 Å². The zero-order valence-corrected chi connectivity index (χ0v) is 9.74. The van der Waals surface area contributed by atoms with Gasteiger partial charge in [0.15, 0.2) is 11.9 Å². The van der Waals surface area contributed by atoms with Crippen LogP contribution in [0.1, 0.15) is 16.9 Å². The van der Waals surface area contributed by atoms with Crippen molar-refractivity contribution in [2.45, 2.75) is 6.42 Å². The standard InChI is InChI=1S/C11H9N5O3/c17-6-7-2-1-3-8-12-10(14-16(7)8)15-5-4-9(18)13-11(15)19/h1-3,6H,4-5H2,(H,13,18,19). The van der Waals surface area contributed by atoms with Gasteiger partial charge in [0, 0.05) is 13.0 Å². The lowest BCUT2D eigenvalue weighted by Gasteiger charge is -2.22. The van der Waals surface area contributed by atoms with Crippen molar-refractivity contribution in [3.63, 3.8) is 0 Å². The number of nitrogens with zero attached hydrogens (tertiary/aromatic N) is 4. The lowest BCUT2D eigenvalue weighted by molar-refractivity contribution is -0.120. The van der Waals surface area contributed by atoms with Gasteiger partial charge in [0.05, 0.1) is 0 Å². The minimum Gasteiger partial charge on any atom is -0.296 e. The summed E-state index contributed by atoms with van der Waals surface area (Å²) in [6.07, 6.45) is 0.854. The highest BCUT2D eigenvalue weighted by Crippen LogP contribution is 2.14. The highest BCUT2D eigenvalue weighted by molar-refractivity contribution is 6.04. The highest BCUT2D eigenvalue weighted by atomic mass is 16.2. The summed E-state index contributed by atoms with van der Waals surface area (Å²) >= 11 is 0. The predicted molar refractivity (Wildman–Crippen MR) is 63.9 cm³/mol. The minimum absolute atomic E-state index is 0.166. The van der Waals surface area contributed by atoms with Gasteiger partial charge in [-0.25, -0.2) is 9.31 Å². The van der Waals surface area contributed by atoms with Gasteiger partial charge in [-0.15, -0.1) is 5.10 Å². The van der Waals surface area contributed by atoms with E-state index in [1.165, 1.54) is 9.42 Å². The van der Waals surface area contributed by atoms with E-state index in [1.807, 2.05) is 0 Å². The SMILES string of the molecule is O=Cc1cccc2nc(N3CCC(=O)NC3=O)nn12. The van der Waals surface area contributed by atoms with Crippen molar-refractivity contribution in [3.05, 3.63) is 23.9 Å². The summed E-state index contributed by atoms with van der Waals surface area (Å²) in [5.74, 6) is -0.155. The van der Waals surface area contributed by atoms with Crippen LogP contribution in [0, 0.1) is 0 Å². The Bertz CT molecular complexity index is 693. The number of aromatic nitrogens is 3. The monoisotopic (exact) mass is 259 g/mol. The van der Waals surface area contributed by atoms with Gasteiger partial charge in [-0.1, -0.05) is 6.07 Å².